The van der Waals surface area contributed by atoms with Gasteiger partial charge < -0.3 is 20.6 Å². The molecule has 0 aromatic heterocycles. The molecule has 5 heteroatoms. The van der Waals surface area contributed by atoms with Crippen molar-refractivity contribution in [3.05, 3.63) is 24.3 Å². The lowest BCUT2D eigenvalue weighted by Gasteiger charge is -2.26. The molecule has 0 heterocycles. The molecule has 0 aliphatic carbocycles. The van der Waals surface area contributed by atoms with Crippen LogP contribution in [0.15, 0.2) is 24.3 Å². The number of unbranched alkanes of at least 4 members (excludes halogenated alkanes) is 29. The summed E-state index contributed by atoms with van der Waals surface area (Å²) in [6.45, 7) is 4.17. The predicted octanol–water partition coefficient (Wildman–Crippen LogP) is 13.0. The van der Waals surface area contributed by atoms with Crippen LogP contribution in [0.5, 0.6) is 0 Å². The number of rotatable bonds is 41. The maximum atomic E-state index is 12.4. The van der Waals surface area contributed by atoms with Crippen molar-refractivity contribution in [1.82, 2.24) is 5.32 Å². The van der Waals surface area contributed by atoms with Crippen LogP contribution in [0.4, 0.5) is 0 Å². The first kappa shape index (κ1) is 49.8. The first-order chi connectivity index (χ1) is 25.1. The van der Waals surface area contributed by atoms with Crippen molar-refractivity contribution in [2.45, 2.75) is 257 Å². The van der Waals surface area contributed by atoms with Gasteiger partial charge in [0.15, 0.2) is 0 Å². The molecule has 0 bridgehead atoms. The van der Waals surface area contributed by atoms with Crippen LogP contribution in [0.3, 0.4) is 0 Å². The van der Waals surface area contributed by atoms with Crippen LogP contribution in [0.25, 0.3) is 0 Å². The summed E-state index contributed by atoms with van der Waals surface area (Å²) in [6, 6.07) is -0.828. The van der Waals surface area contributed by atoms with E-state index in [-0.39, 0.29) is 12.5 Å². The van der Waals surface area contributed by atoms with E-state index in [2.05, 4.69) is 43.5 Å². The normalized spacial score (nSPS) is 13.7. The number of carbonyl (C=O) groups excluding carboxylic acids is 1. The highest BCUT2D eigenvalue weighted by Crippen LogP contribution is 2.16. The Bertz CT molecular complexity index is 754. The average Bonchev–Trinajstić information content (AvgIpc) is 3.13. The zero-order chi connectivity index (χ0) is 37.3. The molecule has 0 saturated heterocycles. The lowest BCUT2D eigenvalue weighted by molar-refractivity contribution is -0.124. The SMILES string of the molecule is CCCCCCCCC/C=C/CC/C=C/CCCC(O)C(O)C(CO)NC(=O)CCCCCCCCCCCCCCCCCCCCCCC. The van der Waals surface area contributed by atoms with Crippen LogP contribution in [-0.4, -0.2) is 46.1 Å². The Balaban J connectivity index is 3.64. The molecule has 3 atom stereocenters. The van der Waals surface area contributed by atoms with Gasteiger partial charge in [-0.05, 0) is 51.4 Å². The molecule has 0 rings (SSSR count). The summed E-state index contributed by atoms with van der Waals surface area (Å²) in [5.41, 5.74) is 0. The number of hydrogen-bond acceptors (Lipinski definition) is 4. The number of hydrogen-bond donors (Lipinski definition) is 4. The molecule has 0 radical (unpaired) electrons. The van der Waals surface area contributed by atoms with Gasteiger partial charge in [0, 0.05) is 6.42 Å². The summed E-state index contributed by atoms with van der Waals surface area (Å²) in [5.74, 6) is -0.155. The van der Waals surface area contributed by atoms with Crippen molar-refractivity contribution in [3.63, 3.8) is 0 Å². The Kier molecular flexibility index (Phi) is 40.6. The third-order valence-electron chi connectivity index (χ3n) is 10.5. The predicted molar refractivity (Wildman–Crippen MR) is 222 cm³/mol. The van der Waals surface area contributed by atoms with Crippen molar-refractivity contribution in [1.29, 1.82) is 0 Å². The lowest BCUT2D eigenvalue weighted by atomic mass is 10.0. The Hall–Kier alpha value is -1.17. The standard InChI is InChI=1S/C46H89NO4/c1-3-5-7-9-11-13-15-17-19-21-22-23-24-25-27-29-31-33-35-37-39-41-45(50)47-43(42-48)46(51)44(49)40-38-36-34-32-30-28-26-20-18-16-14-12-10-8-6-4-2/h20,26,32,34,43-44,46,48-49,51H,3-19,21-25,27-31,33,35-42H2,1-2H3,(H,47,50)/b26-20+,34-32+. The van der Waals surface area contributed by atoms with Crippen LogP contribution in [0, 0.1) is 0 Å². The third kappa shape index (κ3) is 37.0. The molecule has 4 N–H and O–H groups in total. The largest absolute Gasteiger partial charge is 0.394 e. The van der Waals surface area contributed by atoms with E-state index in [0.717, 1.165) is 44.9 Å². The molecule has 1 amide bonds. The molecule has 0 aliphatic rings. The maximum absolute atomic E-state index is 12.4. The van der Waals surface area contributed by atoms with Crippen molar-refractivity contribution in [3.8, 4) is 0 Å². The van der Waals surface area contributed by atoms with Crippen LogP contribution in [0.1, 0.15) is 239 Å². The molecule has 3 unspecified atom stereocenters. The summed E-state index contributed by atoms with van der Waals surface area (Å²) in [7, 11) is 0. The number of allylic oxidation sites excluding steroid dienone is 4. The van der Waals surface area contributed by atoms with E-state index >= 15 is 0 Å². The van der Waals surface area contributed by atoms with Gasteiger partial charge in [-0.25, -0.2) is 0 Å². The fourth-order valence-corrected chi connectivity index (χ4v) is 7.00. The van der Waals surface area contributed by atoms with Gasteiger partial charge >= 0.3 is 0 Å². The third-order valence-corrected chi connectivity index (χ3v) is 10.5. The number of aliphatic hydroxyl groups excluding tert-OH is 3. The Morgan fingerprint density at radius 1 is 0.471 bits per heavy atom. The van der Waals surface area contributed by atoms with Gasteiger partial charge in [-0.1, -0.05) is 205 Å². The monoisotopic (exact) mass is 720 g/mol. The quantitative estimate of drug-likeness (QED) is 0.0374. The summed E-state index contributed by atoms with van der Waals surface area (Å²) in [4.78, 5) is 12.4. The fraction of sp³-hybridized carbons (Fsp3) is 0.891. The maximum Gasteiger partial charge on any atom is 0.220 e. The minimum absolute atomic E-state index is 0.155. The van der Waals surface area contributed by atoms with Gasteiger partial charge in [-0.15, -0.1) is 0 Å². The number of amides is 1. The zero-order valence-corrected chi connectivity index (χ0v) is 34.2. The molecule has 5 nitrogen and oxygen atoms in total. The van der Waals surface area contributed by atoms with E-state index in [9.17, 15) is 20.1 Å². The summed E-state index contributed by atoms with van der Waals surface area (Å²) < 4.78 is 0. The second-order valence-corrected chi connectivity index (χ2v) is 15.6. The van der Waals surface area contributed by atoms with Gasteiger partial charge in [0.2, 0.25) is 5.91 Å². The van der Waals surface area contributed by atoms with E-state index in [1.54, 1.807) is 0 Å². The van der Waals surface area contributed by atoms with Crippen LogP contribution in [0.2, 0.25) is 0 Å². The molecule has 0 saturated carbocycles. The second-order valence-electron chi connectivity index (χ2n) is 15.6. The van der Waals surface area contributed by atoms with Crippen LogP contribution >= 0.6 is 0 Å². The van der Waals surface area contributed by atoms with E-state index in [0.29, 0.717) is 12.8 Å². The van der Waals surface area contributed by atoms with Crippen LogP contribution in [-0.2, 0) is 4.79 Å². The number of carbonyl (C=O) groups is 1. The lowest BCUT2D eigenvalue weighted by Crippen LogP contribution is -2.50. The summed E-state index contributed by atoms with van der Waals surface area (Å²) >= 11 is 0. The average molecular weight is 720 g/mol. The molecule has 0 aliphatic heterocycles. The topological polar surface area (TPSA) is 89.8 Å². The summed E-state index contributed by atoms with van der Waals surface area (Å²) in [6.07, 6.45) is 50.0. The number of aliphatic hydroxyl groups is 3. The minimum atomic E-state index is -1.16. The van der Waals surface area contributed by atoms with E-state index in [4.69, 9.17) is 0 Å². The van der Waals surface area contributed by atoms with E-state index in [1.807, 2.05) is 0 Å². The number of nitrogens with one attached hydrogen (secondary N) is 1. The van der Waals surface area contributed by atoms with Gasteiger partial charge in [-0.2, -0.15) is 0 Å². The Labute approximate surface area is 318 Å². The highest BCUT2D eigenvalue weighted by atomic mass is 16.3. The van der Waals surface area contributed by atoms with Crippen molar-refractivity contribution < 1.29 is 20.1 Å². The summed E-state index contributed by atoms with van der Waals surface area (Å²) in [5, 5.41) is 33.5. The molecule has 0 fully saturated rings. The molecular formula is C46H89NO4. The minimum Gasteiger partial charge on any atom is -0.394 e. The fourth-order valence-electron chi connectivity index (χ4n) is 7.00. The zero-order valence-electron chi connectivity index (χ0n) is 34.2. The molecule has 302 valence electrons. The van der Waals surface area contributed by atoms with E-state index in [1.165, 1.54) is 167 Å². The van der Waals surface area contributed by atoms with Gasteiger partial charge in [-0.3, -0.25) is 4.79 Å². The van der Waals surface area contributed by atoms with Crippen molar-refractivity contribution >= 4 is 5.91 Å². The highest BCUT2D eigenvalue weighted by Gasteiger charge is 2.26. The molecule has 0 aromatic rings. The highest BCUT2D eigenvalue weighted by molar-refractivity contribution is 5.76. The first-order valence-corrected chi connectivity index (χ1v) is 22.6. The molecular weight excluding hydrogens is 631 g/mol. The van der Waals surface area contributed by atoms with Gasteiger partial charge in [0.25, 0.3) is 0 Å². The van der Waals surface area contributed by atoms with Crippen LogP contribution < -0.4 is 5.32 Å². The van der Waals surface area contributed by atoms with Gasteiger partial charge in [0.1, 0.15) is 6.10 Å². The first-order valence-electron chi connectivity index (χ1n) is 22.6. The molecule has 0 spiro atoms. The van der Waals surface area contributed by atoms with Crippen molar-refractivity contribution in [2.75, 3.05) is 6.61 Å². The molecule has 0 aromatic carbocycles. The second kappa shape index (κ2) is 41.6. The smallest absolute Gasteiger partial charge is 0.220 e. The molecule has 51 heavy (non-hydrogen) atoms. The van der Waals surface area contributed by atoms with Crippen molar-refractivity contribution in [2.24, 2.45) is 0 Å². The Morgan fingerprint density at radius 3 is 1.20 bits per heavy atom. The van der Waals surface area contributed by atoms with Gasteiger partial charge in [0.05, 0.1) is 18.8 Å². The van der Waals surface area contributed by atoms with E-state index < -0.39 is 18.2 Å². The Morgan fingerprint density at radius 2 is 0.804 bits per heavy atom.